The maximum Gasteiger partial charge on any atom is 0.0452 e. The minimum atomic E-state index is 0.428. The molecule has 0 aliphatic heterocycles. The Balaban J connectivity index is 2.12. The van der Waals surface area contributed by atoms with E-state index in [1.54, 1.807) is 0 Å². The molecule has 118 valence electrons. The highest BCUT2D eigenvalue weighted by Gasteiger charge is 2.22. The van der Waals surface area contributed by atoms with Crippen molar-refractivity contribution >= 4 is 0 Å². The van der Waals surface area contributed by atoms with E-state index >= 15 is 0 Å². The SMILES string of the molecule is CNC(CN(C)C1CCCCC1)c1c(C)cc(C)cc1C. The van der Waals surface area contributed by atoms with Gasteiger partial charge in [0.2, 0.25) is 0 Å². The van der Waals surface area contributed by atoms with E-state index in [4.69, 9.17) is 0 Å². The second kappa shape index (κ2) is 7.42. The normalized spacial score (nSPS) is 18.2. The first-order valence-corrected chi connectivity index (χ1v) is 8.48. The van der Waals surface area contributed by atoms with Gasteiger partial charge in [0, 0.05) is 18.6 Å². The van der Waals surface area contributed by atoms with Gasteiger partial charge in [-0.2, -0.15) is 0 Å². The molecule has 1 aromatic carbocycles. The van der Waals surface area contributed by atoms with Crippen LogP contribution in [0.4, 0.5) is 0 Å². The molecule has 1 fully saturated rings. The average Bonchev–Trinajstić information content (AvgIpc) is 2.45. The lowest BCUT2D eigenvalue weighted by atomic mass is 9.91. The molecule has 21 heavy (non-hydrogen) atoms. The summed E-state index contributed by atoms with van der Waals surface area (Å²) >= 11 is 0. The number of hydrogen-bond donors (Lipinski definition) is 1. The fourth-order valence-electron chi connectivity index (χ4n) is 4.03. The Bertz CT molecular complexity index is 438. The zero-order valence-electron chi connectivity index (χ0n) is 14.5. The molecular formula is C19H32N2. The molecular weight excluding hydrogens is 256 g/mol. The smallest absolute Gasteiger partial charge is 0.0452 e. The van der Waals surface area contributed by atoms with E-state index in [0.717, 1.165) is 12.6 Å². The molecule has 0 spiro atoms. The molecule has 2 heteroatoms. The second-order valence-electron chi connectivity index (χ2n) is 6.89. The van der Waals surface area contributed by atoms with Gasteiger partial charge in [0.25, 0.3) is 0 Å². The van der Waals surface area contributed by atoms with Crippen molar-refractivity contribution in [2.75, 3.05) is 20.6 Å². The number of benzene rings is 1. The predicted octanol–water partition coefficient (Wildman–Crippen LogP) is 4.14. The lowest BCUT2D eigenvalue weighted by molar-refractivity contribution is 0.176. The summed E-state index contributed by atoms with van der Waals surface area (Å²) in [5.74, 6) is 0. The third-order valence-electron chi connectivity index (χ3n) is 5.10. The van der Waals surface area contributed by atoms with Gasteiger partial charge in [0.1, 0.15) is 0 Å². The lowest BCUT2D eigenvalue weighted by Crippen LogP contribution is -2.39. The van der Waals surface area contributed by atoms with Crippen molar-refractivity contribution in [1.82, 2.24) is 10.2 Å². The monoisotopic (exact) mass is 288 g/mol. The van der Waals surface area contributed by atoms with E-state index in [9.17, 15) is 0 Å². The molecule has 1 N–H and O–H groups in total. The number of hydrogen-bond acceptors (Lipinski definition) is 2. The maximum atomic E-state index is 3.55. The Kier molecular flexibility index (Phi) is 5.83. The third kappa shape index (κ3) is 4.08. The van der Waals surface area contributed by atoms with E-state index in [0.29, 0.717) is 6.04 Å². The first-order chi connectivity index (χ1) is 10.0. The standard InChI is InChI=1S/C19H32N2/c1-14-11-15(2)19(16(3)12-14)18(20-4)13-21(5)17-9-7-6-8-10-17/h11-12,17-18,20H,6-10,13H2,1-5H3. The summed E-state index contributed by atoms with van der Waals surface area (Å²) in [6.45, 7) is 7.79. The van der Waals surface area contributed by atoms with E-state index in [2.05, 4.69) is 57.2 Å². The molecule has 0 amide bonds. The summed E-state index contributed by atoms with van der Waals surface area (Å²) in [7, 11) is 4.40. The average molecular weight is 288 g/mol. The minimum Gasteiger partial charge on any atom is -0.312 e. The molecule has 0 radical (unpaired) electrons. The number of rotatable bonds is 5. The molecule has 1 aromatic rings. The summed E-state index contributed by atoms with van der Waals surface area (Å²) in [4.78, 5) is 2.58. The topological polar surface area (TPSA) is 15.3 Å². The zero-order chi connectivity index (χ0) is 15.4. The second-order valence-corrected chi connectivity index (χ2v) is 6.89. The van der Waals surface area contributed by atoms with E-state index < -0.39 is 0 Å². The molecule has 0 saturated heterocycles. The Morgan fingerprint density at radius 1 is 1.10 bits per heavy atom. The highest BCUT2D eigenvalue weighted by molar-refractivity contribution is 5.39. The zero-order valence-corrected chi connectivity index (χ0v) is 14.5. The van der Waals surface area contributed by atoms with Crippen LogP contribution in [0.2, 0.25) is 0 Å². The number of likely N-dealkylation sites (N-methyl/N-ethyl adjacent to an activating group) is 2. The Labute approximate surface area is 130 Å². The molecule has 0 bridgehead atoms. The number of aryl methyl sites for hydroxylation is 3. The highest BCUT2D eigenvalue weighted by atomic mass is 15.1. The van der Waals surface area contributed by atoms with Crippen LogP contribution in [0.1, 0.15) is 60.4 Å². The number of nitrogens with zero attached hydrogens (tertiary/aromatic N) is 1. The summed E-state index contributed by atoms with van der Waals surface area (Å²) in [5, 5.41) is 3.55. The van der Waals surface area contributed by atoms with Gasteiger partial charge < -0.3 is 10.2 Å². The van der Waals surface area contributed by atoms with Crippen molar-refractivity contribution in [1.29, 1.82) is 0 Å². The van der Waals surface area contributed by atoms with Gasteiger partial charge in [-0.05, 0) is 64.4 Å². The van der Waals surface area contributed by atoms with Crippen LogP contribution in [0.5, 0.6) is 0 Å². The van der Waals surface area contributed by atoms with Crippen LogP contribution in [-0.2, 0) is 0 Å². The molecule has 0 heterocycles. The molecule has 1 aliphatic carbocycles. The van der Waals surface area contributed by atoms with Crippen molar-refractivity contribution in [3.05, 3.63) is 34.4 Å². The maximum absolute atomic E-state index is 3.55. The lowest BCUT2D eigenvalue weighted by Gasteiger charge is -2.34. The molecule has 1 saturated carbocycles. The molecule has 1 aliphatic rings. The van der Waals surface area contributed by atoms with Gasteiger partial charge >= 0.3 is 0 Å². The van der Waals surface area contributed by atoms with E-state index in [-0.39, 0.29) is 0 Å². The Morgan fingerprint density at radius 2 is 1.67 bits per heavy atom. The minimum absolute atomic E-state index is 0.428. The molecule has 1 unspecified atom stereocenters. The third-order valence-corrected chi connectivity index (χ3v) is 5.10. The van der Waals surface area contributed by atoms with Gasteiger partial charge in [-0.15, -0.1) is 0 Å². The fourth-order valence-corrected chi connectivity index (χ4v) is 4.03. The van der Waals surface area contributed by atoms with Crippen LogP contribution in [0.3, 0.4) is 0 Å². The van der Waals surface area contributed by atoms with Crippen molar-refractivity contribution < 1.29 is 0 Å². The molecule has 2 nitrogen and oxygen atoms in total. The first-order valence-electron chi connectivity index (χ1n) is 8.48. The van der Waals surface area contributed by atoms with E-state index in [1.807, 2.05) is 0 Å². The Hall–Kier alpha value is -0.860. The van der Waals surface area contributed by atoms with Gasteiger partial charge in [-0.3, -0.25) is 0 Å². The van der Waals surface area contributed by atoms with Crippen molar-refractivity contribution in [2.24, 2.45) is 0 Å². The van der Waals surface area contributed by atoms with Crippen LogP contribution in [-0.4, -0.2) is 31.6 Å². The fraction of sp³-hybridized carbons (Fsp3) is 0.684. The molecule has 2 rings (SSSR count). The van der Waals surface area contributed by atoms with Crippen molar-refractivity contribution in [3.8, 4) is 0 Å². The van der Waals surface area contributed by atoms with Gasteiger partial charge in [-0.25, -0.2) is 0 Å². The van der Waals surface area contributed by atoms with E-state index in [1.165, 1.54) is 54.4 Å². The highest BCUT2D eigenvalue weighted by Crippen LogP contribution is 2.27. The van der Waals surface area contributed by atoms with Crippen LogP contribution < -0.4 is 5.32 Å². The van der Waals surface area contributed by atoms with Crippen LogP contribution in [0.25, 0.3) is 0 Å². The van der Waals surface area contributed by atoms with Gasteiger partial charge in [0.15, 0.2) is 0 Å². The van der Waals surface area contributed by atoms with Gasteiger partial charge in [-0.1, -0.05) is 37.0 Å². The Morgan fingerprint density at radius 3 is 2.19 bits per heavy atom. The van der Waals surface area contributed by atoms with Crippen molar-refractivity contribution in [3.63, 3.8) is 0 Å². The molecule has 0 aromatic heterocycles. The van der Waals surface area contributed by atoms with Crippen LogP contribution in [0, 0.1) is 20.8 Å². The van der Waals surface area contributed by atoms with Crippen molar-refractivity contribution in [2.45, 2.75) is 65.0 Å². The summed E-state index contributed by atoms with van der Waals surface area (Å²) in [5.41, 5.74) is 5.70. The number of nitrogens with one attached hydrogen (secondary N) is 1. The molecule has 1 atom stereocenters. The van der Waals surface area contributed by atoms with Gasteiger partial charge in [0.05, 0.1) is 0 Å². The predicted molar refractivity (Wildman–Crippen MR) is 92.0 cm³/mol. The summed E-state index contributed by atoms with van der Waals surface area (Å²) in [6, 6.07) is 5.83. The van der Waals surface area contributed by atoms with Crippen LogP contribution >= 0.6 is 0 Å². The largest absolute Gasteiger partial charge is 0.312 e. The first kappa shape index (κ1) is 16.5. The summed E-state index contributed by atoms with van der Waals surface area (Å²) in [6.07, 6.45) is 6.98. The quantitative estimate of drug-likeness (QED) is 0.876. The van der Waals surface area contributed by atoms with Crippen LogP contribution in [0.15, 0.2) is 12.1 Å². The summed E-state index contributed by atoms with van der Waals surface area (Å²) < 4.78 is 0.